The number of anilines is 1. The summed E-state index contributed by atoms with van der Waals surface area (Å²) in [5, 5.41) is 7.42. The van der Waals surface area contributed by atoms with Crippen LogP contribution in [0.15, 0.2) is 40.7 Å². The van der Waals surface area contributed by atoms with Crippen molar-refractivity contribution in [1.29, 1.82) is 0 Å². The first kappa shape index (κ1) is 18.6. The molecule has 2 fully saturated rings. The van der Waals surface area contributed by atoms with Gasteiger partial charge in [0.15, 0.2) is 5.13 Å². The Balaban J connectivity index is 1.40. The Morgan fingerprint density at radius 2 is 2.04 bits per heavy atom. The van der Waals surface area contributed by atoms with Gasteiger partial charge in [0.2, 0.25) is 5.91 Å². The van der Waals surface area contributed by atoms with Crippen LogP contribution in [0, 0.1) is 5.92 Å². The lowest BCUT2D eigenvalue weighted by molar-refractivity contribution is -0.133. The van der Waals surface area contributed by atoms with E-state index in [4.69, 9.17) is 0 Å². The fourth-order valence-electron chi connectivity index (χ4n) is 3.67. The minimum absolute atomic E-state index is 0.222. The summed E-state index contributed by atoms with van der Waals surface area (Å²) < 4.78 is 0. The Morgan fingerprint density at radius 3 is 2.85 bits per heavy atom. The van der Waals surface area contributed by atoms with Crippen LogP contribution in [0.25, 0.3) is 6.08 Å². The van der Waals surface area contributed by atoms with E-state index in [0.29, 0.717) is 5.91 Å². The second-order valence-corrected chi connectivity index (χ2v) is 9.05. The first-order chi connectivity index (χ1) is 13.3. The Bertz CT molecular complexity index is 797. The van der Waals surface area contributed by atoms with Gasteiger partial charge in [0.1, 0.15) is 0 Å². The SMILES string of the molecule is O=C(C1CCCCC1)N1CCS/C1=C/c1csc(NCc2ccccc2)n1. The molecule has 0 unspecified atom stereocenters. The average molecular weight is 400 g/mol. The molecule has 1 aliphatic heterocycles. The summed E-state index contributed by atoms with van der Waals surface area (Å²) in [5.41, 5.74) is 2.17. The zero-order valence-corrected chi connectivity index (χ0v) is 17.0. The summed E-state index contributed by atoms with van der Waals surface area (Å²) in [6.07, 6.45) is 7.84. The van der Waals surface area contributed by atoms with Crippen molar-refractivity contribution in [2.75, 3.05) is 17.6 Å². The number of aromatic nitrogens is 1. The van der Waals surface area contributed by atoms with Crippen molar-refractivity contribution in [3.05, 3.63) is 52.0 Å². The molecule has 4 nitrogen and oxygen atoms in total. The van der Waals surface area contributed by atoms with Crippen molar-refractivity contribution < 1.29 is 4.79 Å². The number of thioether (sulfide) groups is 1. The van der Waals surface area contributed by atoms with Gasteiger partial charge in [-0.15, -0.1) is 23.1 Å². The monoisotopic (exact) mass is 399 g/mol. The van der Waals surface area contributed by atoms with E-state index in [0.717, 1.165) is 47.5 Å². The summed E-state index contributed by atoms with van der Waals surface area (Å²) in [7, 11) is 0. The molecule has 27 heavy (non-hydrogen) atoms. The van der Waals surface area contributed by atoms with E-state index in [1.807, 2.05) is 23.1 Å². The van der Waals surface area contributed by atoms with Crippen LogP contribution >= 0.6 is 23.1 Å². The van der Waals surface area contributed by atoms with Crippen LogP contribution in [0.4, 0.5) is 5.13 Å². The molecule has 2 aromatic rings. The fourth-order valence-corrected chi connectivity index (χ4v) is 5.36. The number of nitrogens with one attached hydrogen (secondary N) is 1. The largest absolute Gasteiger partial charge is 0.357 e. The summed E-state index contributed by atoms with van der Waals surface area (Å²) in [6.45, 7) is 1.60. The van der Waals surface area contributed by atoms with Crippen molar-refractivity contribution >= 4 is 40.2 Å². The number of rotatable bonds is 5. The molecule has 6 heteroatoms. The van der Waals surface area contributed by atoms with Gasteiger partial charge in [-0.3, -0.25) is 4.79 Å². The Labute approximate surface area is 169 Å². The highest BCUT2D eigenvalue weighted by Crippen LogP contribution is 2.34. The standard InChI is InChI=1S/C21H25N3OS2/c25-20(17-9-5-2-6-10-17)24-11-12-26-19(24)13-18-15-27-21(23-18)22-14-16-7-3-1-4-8-16/h1,3-4,7-8,13,15,17H,2,5-6,9-12,14H2,(H,22,23)/b19-13+. The Kier molecular flexibility index (Phi) is 6.14. The van der Waals surface area contributed by atoms with E-state index in [2.05, 4.69) is 33.9 Å². The van der Waals surface area contributed by atoms with Crippen LogP contribution in [0.3, 0.4) is 0 Å². The van der Waals surface area contributed by atoms with E-state index in [9.17, 15) is 4.79 Å². The van der Waals surface area contributed by atoms with Crippen LogP contribution in [0.2, 0.25) is 0 Å². The maximum atomic E-state index is 12.9. The Morgan fingerprint density at radius 1 is 1.22 bits per heavy atom. The van der Waals surface area contributed by atoms with E-state index >= 15 is 0 Å². The molecule has 1 aromatic carbocycles. The molecule has 1 amide bonds. The number of carbonyl (C=O) groups excluding carboxylic acids is 1. The number of hydrogen-bond acceptors (Lipinski definition) is 5. The number of amides is 1. The molecule has 4 rings (SSSR count). The molecule has 2 aliphatic rings. The second-order valence-electron chi connectivity index (χ2n) is 7.07. The van der Waals surface area contributed by atoms with E-state index in [1.54, 1.807) is 23.1 Å². The summed E-state index contributed by atoms with van der Waals surface area (Å²) >= 11 is 3.38. The highest BCUT2D eigenvalue weighted by atomic mass is 32.2. The van der Waals surface area contributed by atoms with Gasteiger partial charge in [-0.05, 0) is 24.5 Å². The Hall–Kier alpha value is -1.79. The van der Waals surface area contributed by atoms with Gasteiger partial charge in [-0.25, -0.2) is 4.98 Å². The first-order valence-corrected chi connectivity index (χ1v) is 11.6. The third-order valence-electron chi connectivity index (χ3n) is 5.13. The summed E-state index contributed by atoms with van der Waals surface area (Å²) in [4.78, 5) is 19.6. The predicted molar refractivity (Wildman–Crippen MR) is 115 cm³/mol. The van der Waals surface area contributed by atoms with Crippen LogP contribution in [-0.2, 0) is 11.3 Å². The molecule has 1 aromatic heterocycles. The van der Waals surface area contributed by atoms with Gasteiger partial charge in [-0.1, -0.05) is 49.6 Å². The number of carbonyl (C=O) groups is 1. The molecule has 2 heterocycles. The van der Waals surface area contributed by atoms with Crippen molar-refractivity contribution in [2.24, 2.45) is 5.92 Å². The quantitative estimate of drug-likeness (QED) is 0.750. The first-order valence-electron chi connectivity index (χ1n) is 9.69. The molecule has 1 aliphatic carbocycles. The molecular weight excluding hydrogens is 374 g/mol. The molecule has 1 saturated carbocycles. The topological polar surface area (TPSA) is 45.2 Å². The third-order valence-corrected chi connectivity index (χ3v) is 6.97. The number of benzene rings is 1. The van der Waals surface area contributed by atoms with Gasteiger partial charge in [0.25, 0.3) is 0 Å². The van der Waals surface area contributed by atoms with Gasteiger partial charge in [-0.2, -0.15) is 0 Å². The minimum Gasteiger partial charge on any atom is -0.357 e. The lowest BCUT2D eigenvalue weighted by atomic mass is 9.88. The lowest BCUT2D eigenvalue weighted by Crippen LogP contribution is -2.34. The maximum Gasteiger partial charge on any atom is 0.230 e. The number of hydrogen-bond donors (Lipinski definition) is 1. The predicted octanol–water partition coefficient (Wildman–Crippen LogP) is 5.21. The molecule has 0 atom stereocenters. The van der Waals surface area contributed by atoms with E-state index in [-0.39, 0.29) is 5.92 Å². The second kappa shape index (κ2) is 8.93. The zero-order valence-electron chi connectivity index (χ0n) is 15.4. The third kappa shape index (κ3) is 4.74. The highest BCUT2D eigenvalue weighted by Gasteiger charge is 2.31. The maximum absolute atomic E-state index is 12.9. The summed E-state index contributed by atoms with van der Waals surface area (Å²) in [6, 6.07) is 10.3. The highest BCUT2D eigenvalue weighted by molar-refractivity contribution is 8.03. The molecule has 1 saturated heterocycles. The molecule has 0 radical (unpaired) electrons. The van der Waals surface area contributed by atoms with E-state index in [1.165, 1.54) is 24.8 Å². The minimum atomic E-state index is 0.222. The molecule has 0 bridgehead atoms. The van der Waals surface area contributed by atoms with Gasteiger partial charge in [0.05, 0.1) is 10.7 Å². The van der Waals surface area contributed by atoms with E-state index < -0.39 is 0 Å². The van der Waals surface area contributed by atoms with Crippen LogP contribution in [0.1, 0.15) is 43.4 Å². The molecule has 0 spiro atoms. The summed E-state index contributed by atoms with van der Waals surface area (Å²) in [5.74, 6) is 1.52. The smallest absolute Gasteiger partial charge is 0.230 e. The normalized spacial score (nSPS) is 19.6. The molecule has 1 N–H and O–H groups in total. The lowest BCUT2D eigenvalue weighted by Gasteiger charge is -2.26. The van der Waals surface area contributed by atoms with Gasteiger partial charge >= 0.3 is 0 Å². The van der Waals surface area contributed by atoms with Crippen molar-refractivity contribution in [2.45, 2.75) is 38.6 Å². The van der Waals surface area contributed by atoms with Crippen LogP contribution in [0.5, 0.6) is 0 Å². The van der Waals surface area contributed by atoms with Crippen LogP contribution in [-0.4, -0.2) is 28.1 Å². The number of nitrogens with zero attached hydrogens (tertiary/aromatic N) is 2. The molecule has 142 valence electrons. The van der Waals surface area contributed by atoms with Gasteiger partial charge in [0, 0.05) is 30.1 Å². The molecular formula is C21H25N3OS2. The average Bonchev–Trinajstić information content (AvgIpc) is 3.37. The number of thiazole rings is 1. The van der Waals surface area contributed by atoms with Gasteiger partial charge < -0.3 is 10.2 Å². The zero-order chi connectivity index (χ0) is 18.5. The van der Waals surface area contributed by atoms with Crippen LogP contribution < -0.4 is 5.32 Å². The van der Waals surface area contributed by atoms with Crippen molar-refractivity contribution in [3.8, 4) is 0 Å². The van der Waals surface area contributed by atoms with Crippen molar-refractivity contribution in [1.82, 2.24) is 9.88 Å². The van der Waals surface area contributed by atoms with Crippen molar-refractivity contribution in [3.63, 3.8) is 0 Å². The fraction of sp³-hybridized carbons (Fsp3) is 0.429.